The van der Waals surface area contributed by atoms with Crippen molar-refractivity contribution in [2.24, 2.45) is 0 Å². The minimum Gasteiger partial charge on any atom is -0.748 e. The number of unbranched alkanes of at least 4 members (excludes halogenated alkanes) is 12. The molecule has 0 aliphatic heterocycles. The summed E-state index contributed by atoms with van der Waals surface area (Å²) in [7, 11) is -4.29. The van der Waals surface area contributed by atoms with Crippen molar-refractivity contribution in [2.75, 3.05) is 5.75 Å². The zero-order valence-corrected chi connectivity index (χ0v) is 24.7. The Morgan fingerprint density at radius 3 is 1.52 bits per heavy atom. The molecule has 0 radical (unpaired) electrons. The van der Waals surface area contributed by atoms with E-state index >= 15 is 0 Å². The van der Waals surface area contributed by atoms with Gasteiger partial charge in [0.15, 0.2) is 0 Å². The van der Waals surface area contributed by atoms with Crippen LogP contribution < -0.4 is 34.3 Å². The van der Waals surface area contributed by atoms with Crippen LogP contribution in [0, 0.1) is 0 Å². The molecule has 0 amide bonds. The standard InChI is InChI=1S/C27H48O4S.Na/c1-4-6-8-10-12-14-16-18-25-20-26(19-17-15-13-11-9-7-5-2)22-27(21-25)31-24(3)23-32(28,29)30;/h20-22,24H,4-19,23H2,1-3H3,(H,28,29,30);/q;+1/p-1. The largest absolute Gasteiger partial charge is 1.00 e. The second-order valence-corrected chi connectivity index (χ2v) is 10.8. The molecule has 4 nitrogen and oxygen atoms in total. The zero-order valence-electron chi connectivity index (χ0n) is 21.9. The van der Waals surface area contributed by atoms with Gasteiger partial charge in [0.1, 0.15) is 11.9 Å². The summed E-state index contributed by atoms with van der Waals surface area (Å²) in [6.45, 7) is 6.13. The SMILES string of the molecule is CCCCCCCCCc1cc(CCCCCCCCC)cc(OC(C)CS(=O)(=O)[O-])c1.[Na+]. The maximum atomic E-state index is 11.1. The van der Waals surface area contributed by atoms with E-state index < -0.39 is 22.0 Å². The van der Waals surface area contributed by atoms with Gasteiger partial charge >= 0.3 is 29.6 Å². The van der Waals surface area contributed by atoms with E-state index in [1.807, 2.05) is 12.1 Å². The first kappa shape index (κ1) is 32.9. The molecule has 1 aromatic carbocycles. The van der Waals surface area contributed by atoms with Crippen LogP contribution in [0.15, 0.2) is 18.2 Å². The van der Waals surface area contributed by atoms with Crippen molar-refractivity contribution in [2.45, 2.75) is 130 Å². The molecule has 6 heteroatoms. The number of rotatable bonds is 20. The van der Waals surface area contributed by atoms with Crippen LogP contribution >= 0.6 is 0 Å². The van der Waals surface area contributed by atoms with E-state index in [4.69, 9.17) is 4.74 Å². The second kappa shape index (κ2) is 20.2. The molecule has 0 aliphatic carbocycles. The molecule has 0 saturated heterocycles. The molecule has 0 N–H and O–H groups in total. The number of benzene rings is 1. The van der Waals surface area contributed by atoms with Gasteiger partial charge < -0.3 is 9.29 Å². The summed E-state index contributed by atoms with van der Waals surface area (Å²) in [5.74, 6) is 0.196. The molecule has 0 aromatic heterocycles. The number of hydrogen-bond acceptors (Lipinski definition) is 4. The molecular weight excluding hydrogens is 443 g/mol. The molecule has 186 valence electrons. The van der Waals surface area contributed by atoms with Crippen LogP contribution in [0.2, 0.25) is 0 Å². The Labute approximate surface area is 226 Å². The van der Waals surface area contributed by atoms with Crippen molar-refractivity contribution in [3.63, 3.8) is 0 Å². The van der Waals surface area contributed by atoms with Crippen molar-refractivity contribution < 1.29 is 47.3 Å². The van der Waals surface area contributed by atoms with E-state index in [9.17, 15) is 13.0 Å². The van der Waals surface area contributed by atoms with Crippen molar-refractivity contribution in [3.8, 4) is 5.75 Å². The average molecular weight is 491 g/mol. The first-order valence-electron chi connectivity index (χ1n) is 13.1. The van der Waals surface area contributed by atoms with Crippen LogP contribution in [-0.2, 0) is 23.0 Å². The van der Waals surface area contributed by atoms with Gasteiger partial charge in [0.05, 0.1) is 15.9 Å². The predicted molar refractivity (Wildman–Crippen MR) is 134 cm³/mol. The van der Waals surface area contributed by atoms with Gasteiger partial charge in [-0.05, 0) is 55.9 Å². The molecule has 0 saturated carbocycles. The van der Waals surface area contributed by atoms with Crippen molar-refractivity contribution in [3.05, 3.63) is 29.3 Å². The van der Waals surface area contributed by atoms with Gasteiger partial charge in [-0.2, -0.15) is 0 Å². The molecular formula is C27H47NaO4S. The molecule has 0 heterocycles. The van der Waals surface area contributed by atoms with Crippen molar-refractivity contribution >= 4 is 10.1 Å². The molecule has 33 heavy (non-hydrogen) atoms. The summed E-state index contributed by atoms with van der Waals surface area (Å²) in [5.41, 5.74) is 2.51. The molecule has 0 spiro atoms. The fourth-order valence-electron chi connectivity index (χ4n) is 4.21. The summed E-state index contributed by atoms with van der Waals surface area (Å²) < 4.78 is 39.0. The Kier molecular flexibility index (Phi) is 20.1. The van der Waals surface area contributed by atoms with Gasteiger partial charge in [-0.15, -0.1) is 0 Å². The topological polar surface area (TPSA) is 66.4 Å². The van der Waals surface area contributed by atoms with Crippen LogP contribution in [-0.4, -0.2) is 24.8 Å². The molecule has 1 unspecified atom stereocenters. The van der Waals surface area contributed by atoms with Gasteiger partial charge in [-0.25, -0.2) is 8.42 Å². The van der Waals surface area contributed by atoms with Crippen LogP contribution in [0.5, 0.6) is 5.75 Å². The van der Waals surface area contributed by atoms with Gasteiger partial charge in [0, 0.05) is 0 Å². The fraction of sp³-hybridized carbons (Fsp3) is 0.778. The van der Waals surface area contributed by atoms with E-state index in [0.29, 0.717) is 5.75 Å². The Hall–Kier alpha value is -0.0700. The van der Waals surface area contributed by atoms with Crippen LogP contribution in [0.3, 0.4) is 0 Å². The summed E-state index contributed by atoms with van der Waals surface area (Å²) >= 11 is 0. The van der Waals surface area contributed by atoms with Gasteiger partial charge in [0.2, 0.25) is 0 Å². The number of hydrogen-bond donors (Lipinski definition) is 0. The van der Waals surface area contributed by atoms with Crippen molar-refractivity contribution in [1.29, 1.82) is 0 Å². The molecule has 0 bridgehead atoms. The summed E-state index contributed by atoms with van der Waals surface area (Å²) in [6.07, 6.45) is 19.3. The molecule has 0 aliphatic rings. The van der Waals surface area contributed by atoms with E-state index in [1.54, 1.807) is 6.92 Å². The van der Waals surface area contributed by atoms with Crippen LogP contribution in [0.4, 0.5) is 0 Å². The maximum absolute atomic E-state index is 11.1. The first-order valence-corrected chi connectivity index (χ1v) is 14.6. The second-order valence-electron chi connectivity index (χ2n) is 9.38. The minimum absolute atomic E-state index is 0. The Balaban J connectivity index is 0.0000102. The van der Waals surface area contributed by atoms with Gasteiger partial charge in [0.25, 0.3) is 0 Å². The number of ether oxygens (including phenoxy) is 1. The summed E-state index contributed by atoms with van der Waals surface area (Å²) in [6, 6.07) is 6.34. The minimum atomic E-state index is -4.29. The monoisotopic (exact) mass is 490 g/mol. The van der Waals surface area contributed by atoms with Gasteiger partial charge in [-0.3, -0.25) is 0 Å². The van der Waals surface area contributed by atoms with E-state index in [-0.39, 0.29) is 29.6 Å². The van der Waals surface area contributed by atoms with Crippen LogP contribution in [0.1, 0.15) is 122 Å². The van der Waals surface area contributed by atoms with E-state index in [2.05, 4.69) is 19.9 Å². The smallest absolute Gasteiger partial charge is 0.748 e. The quantitative estimate of drug-likeness (QED) is 0.152. The number of aryl methyl sites for hydroxylation is 2. The fourth-order valence-corrected chi connectivity index (χ4v) is 4.85. The third-order valence-corrected chi connectivity index (χ3v) is 6.82. The molecule has 1 aromatic rings. The maximum Gasteiger partial charge on any atom is 1.00 e. The Morgan fingerprint density at radius 2 is 1.12 bits per heavy atom. The van der Waals surface area contributed by atoms with Crippen molar-refractivity contribution in [1.82, 2.24) is 0 Å². The van der Waals surface area contributed by atoms with E-state index in [0.717, 1.165) is 25.7 Å². The third-order valence-electron chi connectivity index (χ3n) is 5.94. The average Bonchev–Trinajstić information content (AvgIpc) is 2.71. The molecule has 1 rings (SSSR count). The van der Waals surface area contributed by atoms with E-state index in [1.165, 1.54) is 88.2 Å². The Morgan fingerprint density at radius 1 is 0.727 bits per heavy atom. The zero-order chi connectivity index (χ0) is 23.7. The Bertz CT molecular complexity index is 670. The summed E-state index contributed by atoms with van der Waals surface area (Å²) in [4.78, 5) is 0. The molecule has 0 fully saturated rings. The predicted octanol–water partition coefficient (Wildman–Crippen LogP) is 4.59. The summed E-state index contributed by atoms with van der Waals surface area (Å²) in [5, 5.41) is 0. The van der Waals surface area contributed by atoms with Crippen LogP contribution in [0.25, 0.3) is 0 Å². The first-order chi connectivity index (χ1) is 15.3. The third kappa shape index (κ3) is 18.9. The molecule has 1 atom stereocenters. The van der Waals surface area contributed by atoms with Gasteiger partial charge in [-0.1, -0.05) is 97.0 Å². The normalized spacial score (nSPS) is 12.4.